The molecule has 10 heteroatoms. The van der Waals surface area contributed by atoms with Gasteiger partial charge in [0.05, 0.1) is 13.1 Å². The first-order valence-corrected chi connectivity index (χ1v) is 9.22. The molecule has 9 nitrogen and oxygen atoms in total. The Kier molecular flexibility index (Phi) is 2.12. The summed E-state index contributed by atoms with van der Waals surface area (Å²) in [4.78, 5) is 17.8. The number of rotatable bonds is 4. The number of fused-ring (bicyclic) bond motifs is 3. The molecule has 5 heterocycles. The maximum absolute atomic E-state index is 9.03. The summed E-state index contributed by atoms with van der Waals surface area (Å²) in [7, 11) is 0. The van der Waals surface area contributed by atoms with Crippen molar-refractivity contribution in [2.75, 3.05) is 4.90 Å². The highest BCUT2D eigenvalue weighted by atomic mass is 32.1. The van der Waals surface area contributed by atoms with Crippen molar-refractivity contribution in [2.24, 2.45) is 0 Å². The van der Waals surface area contributed by atoms with Gasteiger partial charge in [-0.3, -0.25) is 9.13 Å². The van der Waals surface area contributed by atoms with Crippen LogP contribution in [0.4, 0.5) is 5.82 Å². The van der Waals surface area contributed by atoms with E-state index in [0.29, 0.717) is 15.7 Å². The lowest BCUT2D eigenvalue weighted by Gasteiger charge is -2.40. The number of thiazole rings is 1. The number of nitrogens with zero attached hydrogens (tertiary/aromatic N) is 9. The first-order valence-electron chi connectivity index (χ1n) is 14.3. The standard InChI is InChI=1S/C19H21N9S/c1-5-13-15-25-22-10-27(15)14-12(4)23-19(24-16(14)28(13)11(2)3)26-8-6-20-17(26)18-21-7-9-29-18/h6-11,13H,5H2,1-4H3/t13-/m1/s1/i1D3,2D3,3D3,5D2,11D. The van der Waals surface area contributed by atoms with Crippen molar-refractivity contribution >= 4 is 17.2 Å². The second-order valence-corrected chi connectivity index (χ2v) is 6.96. The summed E-state index contributed by atoms with van der Waals surface area (Å²) in [6, 6.07) is -5.87. The van der Waals surface area contributed by atoms with E-state index in [0.717, 1.165) is 6.33 Å². The van der Waals surface area contributed by atoms with Gasteiger partial charge in [0.25, 0.3) is 0 Å². The quantitative estimate of drug-likeness (QED) is 0.501. The normalized spacial score (nSPS) is 23.9. The van der Waals surface area contributed by atoms with E-state index in [1.165, 1.54) is 39.8 Å². The predicted octanol–water partition coefficient (Wildman–Crippen LogP) is 3.35. The Labute approximate surface area is 189 Å². The van der Waals surface area contributed by atoms with Gasteiger partial charge in [0.15, 0.2) is 22.5 Å². The number of aromatic nitrogens is 8. The van der Waals surface area contributed by atoms with Crippen LogP contribution < -0.4 is 4.90 Å². The lowest BCUT2D eigenvalue weighted by molar-refractivity contribution is 0.496. The third-order valence-electron chi connectivity index (χ3n) is 4.43. The first kappa shape index (κ1) is 9.12. The fourth-order valence-corrected chi connectivity index (χ4v) is 3.89. The summed E-state index contributed by atoms with van der Waals surface area (Å²) in [5.74, 6) is -0.796. The Morgan fingerprint density at radius 3 is 3.00 bits per heavy atom. The van der Waals surface area contributed by atoms with Gasteiger partial charge in [-0.2, -0.15) is 4.98 Å². The van der Waals surface area contributed by atoms with E-state index in [4.69, 9.17) is 16.4 Å². The molecule has 0 amide bonds. The number of aryl methyl sites for hydroxylation is 1. The third kappa shape index (κ3) is 2.66. The monoisotopic (exact) mass is 419 g/mol. The molecule has 1 aliphatic rings. The van der Waals surface area contributed by atoms with E-state index in [1.54, 1.807) is 11.6 Å². The molecule has 0 saturated carbocycles. The lowest BCUT2D eigenvalue weighted by Crippen LogP contribution is -2.41. The molecule has 29 heavy (non-hydrogen) atoms. The molecule has 0 bridgehead atoms. The largest absolute Gasteiger partial charge is 0.342 e. The van der Waals surface area contributed by atoms with Crippen LogP contribution in [0.25, 0.3) is 22.5 Å². The van der Waals surface area contributed by atoms with E-state index in [1.807, 2.05) is 0 Å². The molecule has 1 atom stereocenters. The molecule has 4 aromatic heterocycles. The zero-order valence-corrected chi connectivity index (χ0v) is 15.7. The molecule has 0 unspecified atom stereocenters. The Bertz CT molecular complexity index is 1570. The SMILES string of the molecule is [2H]C([2H])([2H])C([2H])([2H])[C@@H]1c2nncn2-c2c(C)nc(-n3ccnc3-c3nccs3)nc2N1C([2H])(C([2H])([2H])[2H])C([2H])([2H])[2H]. The number of imidazole rings is 1. The molecule has 0 N–H and O–H groups in total. The Morgan fingerprint density at radius 2 is 2.21 bits per heavy atom. The van der Waals surface area contributed by atoms with Crippen LogP contribution in [-0.4, -0.2) is 45.3 Å². The molecule has 0 aliphatic carbocycles. The predicted molar refractivity (Wildman–Crippen MR) is 111 cm³/mol. The van der Waals surface area contributed by atoms with Crippen molar-refractivity contribution < 1.29 is 16.4 Å². The molecule has 0 fully saturated rings. The zero-order chi connectivity index (χ0) is 30.3. The van der Waals surface area contributed by atoms with Crippen LogP contribution in [0, 0.1) is 6.92 Å². The highest BCUT2D eigenvalue weighted by Crippen LogP contribution is 2.40. The minimum Gasteiger partial charge on any atom is -0.342 e. The molecular formula is C19H21N9S. The van der Waals surface area contributed by atoms with E-state index < -0.39 is 50.6 Å². The average molecular weight is 420 g/mol. The van der Waals surface area contributed by atoms with E-state index in [-0.39, 0.29) is 17.3 Å². The maximum Gasteiger partial charge on any atom is 0.237 e. The summed E-state index contributed by atoms with van der Waals surface area (Å²) in [5, 5.41) is 9.81. The topological polar surface area (TPSA) is 90.4 Å². The average Bonchev–Trinajstić information content (AvgIpc) is 3.61. The molecule has 4 aromatic rings. The molecule has 1 aliphatic heterocycles. The number of anilines is 1. The van der Waals surface area contributed by atoms with Crippen LogP contribution in [0.2, 0.25) is 0 Å². The van der Waals surface area contributed by atoms with Gasteiger partial charge in [-0.25, -0.2) is 15.0 Å². The number of hydrogen-bond donors (Lipinski definition) is 0. The molecule has 0 saturated heterocycles. The summed E-state index contributed by atoms with van der Waals surface area (Å²) < 4.78 is 102. The highest BCUT2D eigenvalue weighted by Gasteiger charge is 2.36. The second-order valence-electron chi connectivity index (χ2n) is 6.06. The van der Waals surface area contributed by atoms with E-state index in [9.17, 15) is 0 Å². The van der Waals surface area contributed by atoms with Crippen LogP contribution in [0.15, 0.2) is 30.3 Å². The van der Waals surface area contributed by atoms with E-state index >= 15 is 0 Å². The Morgan fingerprint density at radius 1 is 1.28 bits per heavy atom. The van der Waals surface area contributed by atoms with Crippen molar-refractivity contribution in [3.05, 3.63) is 41.8 Å². The molecular weight excluding hydrogens is 386 g/mol. The van der Waals surface area contributed by atoms with Crippen LogP contribution >= 0.6 is 11.3 Å². The Balaban J connectivity index is 1.90. The molecule has 0 aromatic carbocycles. The fourth-order valence-electron chi connectivity index (χ4n) is 3.26. The molecule has 148 valence electrons. The van der Waals surface area contributed by atoms with E-state index in [2.05, 4.69) is 30.1 Å². The molecule has 0 radical (unpaired) electrons. The minimum atomic E-state index is -3.64. The molecule has 0 spiro atoms. The van der Waals surface area contributed by atoms with Gasteiger partial charge in [0, 0.05) is 45.1 Å². The van der Waals surface area contributed by atoms with Crippen LogP contribution in [-0.2, 0) is 0 Å². The van der Waals surface area contributed by atoms with Gasteiger partial charge in [0.1, 0.15) is 12.0 Å². The van der Waals surface area contributed by atoms with Crippen molar-refractivity contribution in [3.63, 3.8) is 0 Å². The van der Waals surface area contributed by atoms with Gasteiger partial charge in [-0.15, -0.1) is 21.5 Å². The third-order valence-corrected chi connectivity index (χ3v) is 5.20. The summed E-state index contributed by atoms with van der Waals surface area (Å²) in [6.07, 6.45) is 2.24. The zero-order valence-electron chi connectivity index (χ0n) is 26.9. The summed E-state index contributed by atoms with van der Waals surface area (Å²) >= 11 is 1.26. The van der Waals surface area contributed by atoms with Crippen molar-refractivity contribution in [2.45, 2.75) is 45.9 Å². The smallest absolute Gasteiger partial charge is 0.237 e. The Hall–Kier alpha value is -3.14. The molecule has 5 rings (SSSR count). The van der Waals surface area contributed by atoms with Crippen LogP contribution in [0.5, 0.6) is 0 Å². The van der Waals surface area contributed by atoms with Crippen molar-refractivity contribution in [1.29, 1.82) is 0 Å². The van der Waals surface area contributed by atoms with Gasteiger partial charge < -0.3 is 4.90 Å². The minimum absolute atomic E-state index is 0.0487. The first-order chi connectivity index (χ1) is 18.8. The lowest BCUT2D eigenvalue weighted by atomic mass is 10.1. The maximum atomic E-state index is 9.03. The second kappa shape index (κ2) is 6.73. The van der Waals surface area contributed by atoms with Gasteiger partial charge in [-0.1, -0.05) is 6.85 Å². The van der Waals surface area contributed by atoms with Gasteiger partial charge in [-0.05, 0) is 27.0 Å². The van der Waals surface area contributed by atoms with Crippen molar-refractivity contribution in [1.82, 2.24) is 39.3 Å². The summed E-state index contributed by atoms with van der Waals surface area (Å²) in [6.45, 7) is -9.20. The van der Waals surface area contributed by atoms with Gasteiger partial charge in [0.2, 0.25) is 5.95 Å². The number of hydrogen-bond acceptors (Lipinski definition) is 8. The van der Waals surface area contributed by atoms with Crippen molar-refractivity contribution in [3.8, 4) is 22.5 Å². The summed E-state index contributed by atoms with van der Waals surface area (Å²) in [5.41, 5.74) is 0.0912. The van der Waals surface area contributed by atoms with Gasteiger partial charge >= 0.3 is 0 Å². The fraction of sp³-hybridized carbons (Fsp3) is 0.368. The van der Waals surface area contributed by atoms with Crippen LogP contribution in [0.3, 0.4) is 0 Å². The highest BCUT2D eigenvalue weighted by molar-refractivity contribution is 7.13. The van der Waals surface area contributed by atoms with Crippen LogP contribution in [0.1, 0.15) is 60.9 Å².